The fourth-order valence-electron chi connectivity index (χ4n) is 3.53. The fourth-order valence-corrected chi connectivity index (χ4v) is 4.04. The molecule has 0 aliphatic rings. The van der Waals surface area contributed by atoms with Gasteiger partial charge in [0.15, 0.2) is 0 Å². The number of aromatic hydroxyl groups is 2. The average Bonchev–Trinajstić information content (AvgIpc) is 2.66. The number of rotatable bonds is 3. The van der Waals surface area contributed by atoms with Gasteiger partial charge in [-0.1, -0.05) is 72.8 Å². The van der Waals surface area contributed by atoms with Crippen molar-refractivity contribution in [2.24, 2.45) is 0 Å². The SMILES string of the molecule is Oc1c(C(CP)c2ccc3ccccc3c2O)ccc2ccccc12. The van der Waals surface area contributed by atoms with Crippen molar-refractivity contribution in [1.29, 1.82) is 0 Å². The van der Waals surface area contributed by atoms with E-state index in [1.54, 1.807) is 0 Å². The molecule has 4 aromatic rings. The Morgan fingerprint density at radius 3 is 1.52 bits per heavy atom. The topological polar surface area (TPSA) is 40.5 Å². The first-order valence-corrected chi connectivity index (χ1v) is 9.13. The molecule has 2 N–H and O–H groups in total. The summed E-state index contributed by atoms with van der Waals surface area (Å²) >= 11 is 0. The number of phenols is 2. The van der Waals surface area contributed by atoms with Crippen LogP contribution in [0.5, 0.6) is 11.5 Å². The van der Waals surface area contributed by atoms with Gasteiger partial charge in [-0.05, 0) is 16.9 Å². The molecule has 0 aromatic heterocycles. The van der Waals surface area contributed by atoms with E-state index in [1.807, 2.05) is 72.8 Å². The summed E-state index contributed by atoms with van der Waals surface area (Å²) in [6.45, 7) is 0. The van der Waals surface area contributed by atoms with Crippen LogP contribution in [0.2, 0.25) is 0 Å². The molecule has 0 aliphatic carbocycles. The summed E-state index contributed by atoms with van der Waals surface area (Å²) in [7, 11) is 2.74. The van der Waals surface area contributed by atoms with Gasteiger partial charge in [0.05, 0.1) is 0 Å². The molecule has 0 radical (unpaired) electrons. The van der Waals surface area contributed by atoms with Gasteiger partial charge in [0.1, 0.15) is 11.5 Å². The minimum absolute atomic E-state index is 0.0980. The molecule has 1 atom stereocenters. The van der Waals surface area contributed by atoms with Crippen LogP contribution in [0.3, 0.4) is 0 Å². The van der Waals surface area contributed by atoms with Crippen molar-refractivity contribution in [1.82, 2.24) is 0 Å². The number of benzene rings is 4. The molecule has 0 bridgehead atoms. The summed E-state index contributed by atoms with van der Waals surface area (Å²) in [5.41, 5.74) is 1.67. The van der Waals surface area contributed by atoms with Crippen LogP contribution in [-0.2, 0) is 0 Å². The van der Waals surface area contributed by atoms with Crippen molar-refractivity contribution in [2.45, 2.75) is 5.92 Å². The first kappa shape index (κ1) is 15.9. The Labute approximate surface area is 149 Å². The van der Waals surface area contributed by atoms with E-state index in [1.165, 1.54) is 0 Å². The number of fused-ring (bicyclic) bond motifs is 2. The Bertz CT molecular complexity index is 987. The Morgan fingerprint density at radius 1 is 0.640 bits per heavy atom. The third kappa shape index (κ3) is 2.63. The van der Waals surface area contributed by atoms with Crippen molar-refractivity contribution in [2.75, 3.05) is 6.16 Å². The van der Waals surface area contributed by atoms with Crippen molar-refractivity contribution in [3.8, 4) is 11.5 Å². The van der Waals surface area contributed by atoms with Crippen LogP contribution in [0.4, 0.5) is 0 Å². The molecular weight excluding hydrogens is 327 g/mol. The summed E-state index contributed by atoms with van der Waals surface area (Å²) in [4.78, 5) is 0. The highest BCUT2D eigenvalue weighted by Crippen LogP contribution is 2.42. The molecule has 2 nitrogen and oxygen atoms in total. The van der Waals surface area contributed by atoms with Gasteiger partial charge in [-0.3, -0.25) is 0 Å². The first-order chi connectivity index (χ1) is 12.2. The Kier molecular flexibility index (Phi) is 4.07. The molecule has 0 spiro atoms. The van der Waals surface area contributed by atoms with E-state index < -0.39 is 0 Å². The van der Waals surface area contributed by atoms with Gasteiger partial charge in [0.25, 0.3) is 0 Å². The highest BCUT2D eigenvalue weighted by molar-refractivity contribution is 7.16. The van der Waals surface area contributed by atoms with E-state index in [0.717, 1.165) is 32.7 Å². The number of phenolic OH excluding ortho intramolecular Hbond substituents is 2. The molecule has 0 saturated heterocycles. The number of hydrogen-bond donors (Lipinski definition) is 2. The minimum atomic E-state index is -0.0980. The minimum Gasteiger partial charge on any atom is -0.507 e. The molecule has 0 fully saturated rings. The molecular formula is C22H19O2P. The van der Waals surface area contributed by atoms with Crippen LogP contribution in [0, 0.1) is 0 Å². The van der Waals surface area contributed by atoms with Crippen LogP contribution in [0.1, 0.15) is 17.0 Å². The van der Waals surface area contributed by atoms with Crippen molar-refractivity contribution < 1.29 is 10.2 Å². The van der Waals surface area contributed by atoms with E-state index in [4.69, 9.17) is 0 Å². The molecule has 3 heteroatoms. The largest absolute Gasteiger partial charge is 0.507 e. The quantitative estimate of drug-likeness (QED) is 0.487. The summed E-state index contributed by atoms with van der Waals surface area (Å²) in [6.07, 6.45) is 0.706. The second-order valence-electron chi connectivity index (χ2n) is 6.24. The van der Waals surface area contributed by atoms with Gasteiger partial charge in [-0.15, -0.1) is 9.24 Å². The smallest absolute Gasteiger partial charge is 0.127 e. The lowest BCUT2D eigenvalue weighted by atomic mass is 9.88. The average molecular weight is 346 g/mol. The van der Waals surface area contributed by atoms with Crippen LogP contribution in [-0.4, -0.2) is 16.4 Å². The summed E-state index contributed by atoms with van der Waals surface area (Å²) in [6, 6.07) is 23.6. The van der Waals surface area contributed by atoms with Crippen LogP contribution in [0.15, 0.2) is 72.8 Å². The van der Waals surface area contributed by atoms with Gasteiger partial charge >= 0.3 is 0 Å². The summed E-state index contributed by atoms with van der Waals surface area (Å²) in [5.74, 6) is 0.482. The molecule has 4 aromatic carbocycles. The Hall–Kier alpha value is -2.57. The molecule has 25 heavy (non-hydrogen) atoms. The highest BCUT2D eigenvalue weighted by Gasteiger charge is 2.21. The van der Waals surface area contributed by atoms with E-state index in [9.17, 15) is 10.2 Å². The normalized spacial score (nSPS) is 11.4. The maximum Gasteiger partial charge on any atom is 0.127 e. The molecule has 4 rings (SSSR count). The van der Waals surface area contributed by atoms with Gasteiger partial charge in [0, 0.05) is 27.8 Å². The number of hydrogen-bond acceptors (Lipinski definition) is 2. The second kappa shape index (κ2) is 6.38. The van der Waals surface area contributed by atoms with Crippen LogP contribution >= 0.6 is 9.24 Å². The zero-order valence-electron chi connectivity index (χ0n) is 13.7. The maximum absolute atomic E-state index is 10.8. The van der Waals surface area contributed by atoms with Gasteiger partial charge in [-0.2, -0.15) is 0 Å². The third-order valence-electron chi connectivity index (χ3n) is 4.85. The Balaban J connectivity index is 1.92. The van der Waals surface area contributed by atoms with Gasteiger partial charge in [0.2, 0.25) is 0 Å². The monoisotopic (exact) mass is 346 g/mol. The van der Waals surface area contributed by atoms with E-state index in [2.05, 4.69) is 9.24 Å². The first-order valence-electron chi connectivity index (χ1n) is 8.32. The van der Waals surface area contributed by atoms with Gasteiger partial charge < -0.3 is 10.2 Å². The van der Waals surface area contributed by atoms with Crippen LogP contribution < -0.4 is 0 Å². The fraction of sp³-hybridized carbons (Fsp3) is 0.0909. The summed E-state index contributed by atoms with van der Waals surface area (Å²) < 4.78 is 0. The predicted octanol–water partition coefficient (Wildman–Crippen LogP) is 5.41. The standard InChI is InChI=1S/C22H19O2P/c23-21-16-7-3-1-5-14(16)9-11-18(21)20(13-25)19-12-10-15-6-2-4-8-17(15)22(19)24/h1-12,20,23-24H,13,25H2. The lowest BCUT2D eigenvalue weighted by molar-refractivity contribution is 0.464. The third-order valence-corrected chi connectivity index (χ3v) is 5.32. The second-order valence-corrected chi connectivity index (χ2v) is 6.71. The molecule has 1 unspecified atom stereocenters. The molecule has 124 valence electrons. The molecule has 0 aliphatic heterocycles. The zero-order valence-corrected chi connectivity index (χ0v) is 14.8. The lowest BCUT2D eigenvalue weighted by Crippen LogP contribution is -2.04. The molecule has 0 saturated carbocycles. The van der Waals surface area contributed by atoms with Crippen molar-refractivity contribution in [3.63, 3.8) is 0 Å². The van der Waals surface area contributed by atoms with E-state index in [-0.39, 0.29) is 17.4 Å². The molecule has 0 heterocycles. The Morgan fingerprint density at radius 2 is 1.08 bits per heavy atom. The lowest BCUT2D eigenvalue weighted by Gasteiger charge is -2.20. The summed E-state index contributed by atoms with van der Waals surface area (Å²) in [5, 5.41) is 25.3. The highest BCUT2D eigenvalue weighted by atomic mass is 31.0. The maximum atomic E-state index is 10.8. The van der Waals surface area contributed by atoms with E-state index in [0.29, 0.717) is 6.16 Å². The van der Waals surface area contributed by atoms with Crippen molar-refractivity contribution >= 4 is 30.8 Å². The van der Waals surface area contributed by atoms with Gasteiger partial charge in [-0.25, -0.2) is 0 Å². The zero-order chi connectivity index (χ0) is 17.4. The van der Waals surface area contributed by atoms with Crippen molar-refractivity contribution in [3.05, 3.63) is 83.9 Å². The van der Waals surface area contributed by atoms with Crippen LogP contribution in [0.25, 0.3) is 21.5 Å². The van der Waals surface area contributed by atoms with E-state index >= 15 is 0 Å². The predicted molar refractivity (Wildman–Crippen MR) is 108 cm³/mol. The molecule has 0 amide bonds.